The molecule has 0 spiro atoms. The number of rotatable bonds is 3. The van der Waals surface area contributed by atoms with Crippen molar-refractivity contribution in [3.8, 4) is 0 Å². The van der Waals surface area contributed by atoms with Crippen molar-refractivity contribution in [1.82, 2.24) is 0 Å². The summed E-state index contributed by atoms with van der Waals surface area (Å²) in [4.78, 5) is 10.7. The van der Waals surface area contributed by atoms with Crippen molar-refractivity contribution < 1.29 is 14.6 Å². The number of carbonyl (C=O) groups is 1. The first-order chi connectivity index (χ1) is 7.43. The van der Waals surface area contributed by atoms with E-state index in [1.807, 2.05) is 0 Å². The molecule has 0 heterocycles. The number of halogens is 2. The van der Waals surface area contributed by atoms with Crippen LogP contribution in [0.1, 0.15) is 18.6 Å². The zero-order valence-electron chi connectivity index (χ0n) is 8.48. The molecule has 1 aromatic rings. The van der Waals surface area contributed by atoms with E-state index in [1.54, 1.807) is 18.2 Å². The Bertz CT molecular complexity index is 396. The van der Waals surface area contributed by atoms with Crippen LogP contribution in [0.25, 0.3) is 0 Å². The molecule has 0 aliphatic rings. The molecule has 0 aliphatic heterocycles. The Morgan fingerprint density at radius 3 is 2.62 bits per heavy atom. The van der Waals surface area contributed by atoms with Crippen LogP contribution >= 0.6 is 23.2 Å². The number of aliphatic hydroxyl groups excluding tert-OH is 1. The highest BCUT2D eigenvalue weighted by atomic mass is 35.5. The van der Waals surface area contributed by atoms with Crippen LogP contribution in [0.5, 0.6) is 0 Å². The predicted molar refractivity (Wildman–Crippen MR) is 61.6 cm³/mol. The van der Waals surface area contributed by atoms with E-state index < -0.39 is 18.3 Å². The largest absolute Gasteiger partial charge is 0.439 e. The molecule has 1 unspecified atom stereocenters. The van der Waals surface area contributed by atoms with Crippen molar-refractivity contribution in [2.24, 2.45) is 5.73 Å². The zero-order chi connectivity index (χ0) is 12.3. The number of hydrogen-bond acceptors (Lipinski definition) is 3. The Morgan fingerprint density at radius 1 is 1.50 bits per heavy atom. The van der Waals surface area contributed by atoms with Gasteiger partial charge < -0.3 is 15.6 Å². The highest BCUT2D eigenvalue weighted by Gasteiger charge is 2.24. The highest BCUT2D eigenvalue weighted by Crippen LogP contribution is 2.33. The Labute approximate surface area is 103 Å². The van der Waals surface area contributed by atoms with Gasteiger partial charge in [-0.2, -0.15) is 0 Å². The Kier molecular flexibility index (Phi) is 4.41. The van der Waals surface area contributed by atoms with Crippen molar-refractivity contribution in [3.05, 3.63) is 33.8 Å². The number of nitrogens with two attached hydrogens (primary N) is 1. The van der Waals surface area contributed by atoms with Crippen LogP contribution in [0.4, 0.5) is 4.79 Å². The molecule has 0 aliphatic carbocycles. The second-order valence-corrected chi connectivity index (χ2v) is 4.03. The van der Waals surface area contributed by atoms with E-state index in [-0.39, 0.29) is 5.02 Å². The first kappa shape index (κ1) is 13.1. The van der Waals surface area contributed by atoms with Gasteiger partial charge in [0, 0.05) is 5.56 Å². The van der Waals surface area contributed by atoms with Crippen molar-refractivity contribution in [3.63, 3.8) is 0 Å². The normalized spacial score (nSPS) is 14.2. The van der Waals surface area contributed by atoms with E-state index in [0.29, 0.717) is 10.6 Å². The molecule has 2 atom stereocenters. The van der Waals surface area contributed by atoms with Gasteiger partial charge in [-0.25, -0.2) is 4.79 Å². The topological polar surface area (TPSA) is 72.6 Å². The van der Waals surface area contributed by atoms with Gasteiger partial charge >= 0.3 is 6.09 Å². The lowest BCUT2D eigenvalue weighted by Gasteiger charge is -2.21. The van der Waals surface area contributed by atoms with E-state index >= 15 is 0 Å². The first-order valence-corrected chi connectivity index (χ1v) is 5.27. The van der Waals surface area contributed by atoms with Gasteiger partial charge in [0.05, 0.1) is 16.1 Å². The lowest BCUT2D eigenvalue weighted by atomic mass is 10.1. The average Bonchev–Trinajstić information content (AvgIpc) is 2.18. The van der Waals surface area contributed by atoms with Crippen LogP contribution in [0, 0.1) is 0 Å². The van der Waals surface area contributed by atoms with Gasteiger partial charge in [-0.1, -0.05) is 35.3 Å². The predicted octanol–water partition coefficient (Wildman–Crippen LogP) is 2.51. The SMILES string of the molecule is C[C@H](O)C(OC(N)=O)c1cccc(Cl)c1Cl. The van der Waals surface area contributed by atoms with Crippen LogP contribution in [0.2, 0.25) is 10.0 Å². The van der Waals surface area contributed by atoms with E-state index in [0.717, 1.165) is 0 Å². The number of benzene rings is 1. The second kappa shape index (κ2) is 5.39. The molecule has 0 saturated carbocycles. The summed E-state index contributed by atoms with van der Waals surface area (Å²) < 4.78 is 4.78. The van der Waals surface area contributed by atoms with Gasteiger partial charge in [-0.05, 0) is 13.0 Å². The smallest absolute Gasteiger partial charge is 0.405 e. The van der Waals surface area contributed by atoms with Gasteiger partial charge in [-0.15, -0.1) is 0 Å². The Hall–Kier alpha value is -0.970. The number of ether oxygens (including phenoxy) is 1. The molecule has 4 nitrogen and oxygen atoms in total. The van der Waals surface area contributed by atoms with Gasteiger partial charge in [0.1, 0.15) is 0 Å². The number of carbonyl (C=O) groups excluding carboxylic acids is 1. The van der Waals surface area contributed by atoms with Crippen molar-refractivity contribution in [1.29, 1.82) is 0 Å². The first-order valence-electron chi connectivity index (χ1n) is 4.51. The molecule has 3 N–H and O–H groups in total. The maximum Gasteiger partial charge on any atom is 0.405 e. The molecule has 0 saturated heterocycles. The van der Waals surface area contributed by atoms with Gasteiger partial charge in [0.25, 0.3) is 0 Å². The maximum absolute atomic E-state index is 10.7. The minimum absolute atomic E-state index is 0.233. The molecular weight excluding hydrogens is 253 g/mol. The zero-order valence-corrected chi connectivity index (χ0v) is 10.00. The van der Waals surface area contributed by atoms with Crippen LogP contribution in [0.15, 0.2) is 18.2 Å². The summed E-state index contributed by atoms with van der Waals surface area (Å²) >= 11 is 11.8. The third-order valence-corrected chi connectivity index (χ3v) is 2.80. The average molecular weight is 264 g/mol. The molecule has 88 valence electrons. The summed E-state index contributed by atoms with van der Waals surface area (Å²) in [6, 6.07) is 4.84. The van der Waals surface area contributed by atoms with E-state index in [9.17, 15) is 9.90 Å². The monoisotopic (exact) mass is 263 g/mol. The fourth-order valence-corrected chi connectivity index (χ4v) is 1.70. The molecule has 1 rings (SSSR count). The molecule has 16 heavy (non-hydrogen) atoms. The third kappa shape index (κ3) is 3.01. The fraction of sp³-hybridized carbons (Fsp3) is 0.300. The summed E-state index contributed by atoms with van der Waals surface area (Å²) in [7, 11) is 0. The molecule has 1 aromatic carbocycles. The molecule has 0 aromatic heterocycles. The number of hydrogen-bond donors (Lipinski definition) is 2. The Balaban J connectivity index is 3.10. The fourth-order valence-electron chi connectivity index (χ4n) is 1.29. The summed E-state index contributed by atoms with van der Waals surface area (Å²) in [5, 5.41) is 10.0. The third-order valence-electron chi connectivity index (χ3n) is 1.97. The lowest BCUT2D eigenvalue weighted by molar-refractivity contribution is 0.0148. The molecular formula is C10H11Cl2NO3. The van der Waals surface area contributed by atoms with Crippen molar-refractivity contribution in [2.75, 3.05) is 0 Å². The molecule has 0 fully saturated rings. The molecule has 1 amide bonds. The van der Waals surface area contributed by atoms with Gasteiger partial charge in [0.15, 0.2) is 6.10 Å². The van der Waals surface area contributed by atoms with Crippen molar-refractivity contribution in [2.45, 2.75) is 19.1 Å². The summed E-state index contributed by atoms with van der Waals surface area (Å²) in [6.45, 7) is 1.46. The number of primary amides is 1. The summed E-state index contributed by atoms with van der Waals surface area (Å²) in [5.41, 5.74) is 5.33. The van der Waals surface area contributed by atoms with Gasteiger partial charge in [0.2, 0.25) is 0 Å². The number of aliphatic hydroxyl groups is 1. The molecule has 0 bridgehead atoms. The van der Waals surface area contributed by atoms with Crippen molar-refractivity contribution >= 4 is 29.3 Å². The highest BCUT2D eigenvalue weighted by molar-refractivity contribution is 6.42. The Morgan fingerprint density at radius 2 is 2.12 bits per heavy atom. The van der Waals surface area contributed by atoms with Crippen LogP contribution in [0.3, 0.4) is 0 Å². The van der Waals surface area contributed by atoms with E-state index in [2.05, 4.69) is 0 Å². The van der Waals surface area contributed by atoms with Gasteiger partial charge in [-0.3, -0.25) is 0 Å². The van der Waals surface area contributed by atoms with Crippen LogP contribution < -0.4 is 5.73 Å². The summed E-state index contributed by atoms with van der Waals surface area (Å²) in [6.07, 6.45) is -2.85. The number of amides is 1. The molecule has 0 radical (unpaired) electrons. The van der Waals surface area contributed by atoms with Crippen LogP contribution in [-0.4, -0.2) is 17.3 Å². The quantitative estimate of drug-likeness (QED) is 0.880. The van der Waals surface area contributed by atoms with E-state index in [1.165, 1.54) is 6.92 Å². The molecule has 6 heteroatoms. The maximum atomic E-state index is 10.7. The second-order valence-electron chi connectivity index (χ2n) is 3.24. The summed E-state index contributed by atoms with van der Waals surface area (Å²) in [5.74, 6) is 0. The van der Waals surface area contributed by atoms with E-state index in [4.69, 9.17) is 33.7 Å². The minimum atomic E-state index is -0.984. The lowest BCUT2D eigenvalue weighted by Crippen LogP contribution is -2.25. The van der Waals surface area contributed by atoms with Crippen LogP contribution in [-0.2, 0) is 4.74 Å². The minimum Gasteiger partial charge on any atom is -0.439 e. The standard InChI is InChI=1S/C10H11Cl2NO3/c1-5(14)9(16-10(13)15)6-3-2-4-7(11)8(6)12/h2-5,9,14H,1H3,(H2,13,15)/t5-,9?/m0/s1.